The number of hydrogen-bond donors (Lipinski definition) is 1. The third-order valence-corrected chi connectivity index (χ3v) is 4.28. The maximum Gasteiger partial charge on any atom is 0.272 e. The number of amides is 1. The molecule has 1 aromatic carbocycles. The van der Waals surface area contributed by atoms with Crippen LogP contribution in [0.1, 0.15) is 16.9 Å². The summed E-state index contributed by atoms with van der Waals surface area (Å²) in [5.41, 5.74) is 0.684. The second-order valence-corrected chi connectivity index (χ2v) is 6.00. The van der Waals surface area contributed by atoms with Gasteiger partial charge in [-0.05, 0) is 24.5 Å². The first-order valence-corrected chi connectivity index (χ1v) is 8.05. The highest BCUT2D eigenvalue weighted by Gasteiger charge is 2.24. The summed E-state index contributed by atoms with van der Waals surface area (Å²) in [6.45, 7) is 2.07. The fraction of sp³-hybridized carbons (Fsp3) is 0.333. The molecule has 25 heavy (non-hydrogen) atoms. The monoisotopic (exact) mass is 347 g/mol. The van der Waals surface area contributed by atoms with E-state index in [1.54, 1.807) is 7.11 Å². The number of carbonyl (C=O) groups is 1. The van der Waals surface area contributed by atoms with Gasteiger partial charge in [0.1, 0.15) is 11.6 Å². The van der Waals surface area contributed by atoms with Gasteiger partial charge in [-0.25, -0.2) is 13.8 Å². The largest absolute Gasteiger partial charge is 0.497 e. The highest BCUT2D eigenvalue weighted by molar-refractivity contribution is 5.92. The molecule has 5 nitrogen and oxygen atoms in total. The molecule has 0 bridgehead atoms. The van der Waals surface area contributed by atoms with E-state index < -0.39 is 17.5 Å². The number of aromatic nitrogens is 1. The lowest BCUT2D eigenvalue weighted by atomic mass is 10.1. The van der Waals surface area contributed by atoms with Gasteiger partial charge >= 0.3 is 0 Å². The average molecular weight is 347 g/mol. The number of pyridine rings is 1. The van der Waals surface area contributed by atoms with Crippen molar-refractivity contribution < 1.29 is 18.3 Å². The molecule has 1 fully saturated rings. The minimum atomic E-state index is -0.957. The lowest BCUT2D eigenvalue weighted by molar-refractivity contribution is 0.0938. The van der Waals surface area contributed by atoms with Gasteiger partial charge in [0.2, 0.25) is 0 Å². The van der Waals surface area contributed by atoms with Gasteiger partial charge in [0, 0.05) is 37.5 Å². The molecule has 1 aromatic heterocycles. The quantitative estimate of drug-likeness (QED) is 0.903. The van der Waals surface area contributed by atoms with E-state index >= 15 is 0 Å². The number of halogens is 2. The van der Waals surface area contributed by atoms with Gasteiger partial charge < -0.3 is 15.0 Å². The van der Waals surface area contributed by atoms with Crippen LogP contribution in [-0.2, 0) is 0 Å². The minimum Gasteiger partial charge on any atom is -0.497 e. The van der Waals surface area contributed by atoms with Crippen molar-refractivity contribution >= 4 is 11.6 Å². The molecule has 7 heteroatoms. The van der Waals surface area contributed by atoms with Gasteiger partial charge in [0.05, 0.1) is 13.3 Å². The highest BCUT2D eigenvalue weighted by Crippen LogP contribution is 2.26. The zero-order valence-electron chi connectivity index (χ0n) is 13.8. The second kappa shape index (κ2) is 7.46. The predicted octanol–water partition coefficient (Wildman–Crippen LogP) is 2.62. The fourth-order valence-electron chi connectivity index (χ4n) is 2.94. The van der Waals surface area contributed by atoms with Crippen molar-refractivity contribution in [2.45, 2.75) is 6.42 Å². The fourth-order valence-corrected chi connectivity index (χ4v) is 2.94. The summed E-state index contributed by atoms with van der Waals surface area (Å²) < 4.78 is 31.7. The van der Waals surface area contributed by atoms with E-state index in [0.717, 1.165) is 37.1 Å². The van der Waals surface area contributed by atoms with Crippen molar-refractivity contribution in [1.82, 2.24) is 10.3 Å². The third kappa shape index (κ3) is 4.04. The van der Waals surface area contributed by atoms with Crippen molar-refractivity contribution in [2.75, 3.05) is 31.6 Å². The number of rotatable bonds is 5. The van der Waals surface area contributed by atoms with Crippen LogP contribution in [0.25, 0.3) is 0 Å². The van der Waals surface area contributed by atoms with Gasteiger partial charge in [-0.3, -0.25) is 4.79 Å². The van der Waals surface area contributed by atoms with Crippen LogP contribution >= 0.6 is 0 Å². The second-order valence-electron chi connectivity index (χ2n) is 6.00. The summed E-state index contributed by atoms with van der Waals surface area (Å²) in [6, 6.07) is 8.47. The zero-order chi connectivity index (χ0) is 17.8. The van der Waals surface area contributed by atoms with Crippen molar-refractivity contribution in [3.05, 3.63) is 53.9 Å². The summed E-state index contributed by atoms with van der Waals surface area (Å²) in [5, 5.41) is 2.68. The Morgan fingerprint density at radius 1 is 1.40 bits per heavy atom. The molecule has 0 saturated carbocycles. The standard InChI is InChI=1S/C18H19F2N3O2/c1-25-15-4-2-3-14(8-15)23-6-5-12(11-23)9-22-18(24)17-16(20)7-13(19)10-21-17/h2-4,7-8,10,12H,5-6,9,11H2,1H3,(H,22,24). The van der Waals surface area contributed by atoms with Crippen LogP contribution in [0.3, 0.4) is 0 Å². The maximum absolute atomic E-state index is 13.6. The summed E-state index contributed by atoms with van der Waals surface area (Å²) >= 11 is 0. The van der Waals surface area contributed by atoms with Gasteiger partial charge in [-0.2, -0.15) is 0 Å². The van der Waals surface area contributed by atoms with Crippen molar-refractivity contribution in [3.8, 4) is 5.75 Å². The number of nitrogens with zero attached hydrogens (tertiary/aromatic N) is 2. The molecule has 1 aliphatic heterocycles. The molecule has 1 saturated heterocycles. The number of hydrogen-bond acceptors (Lipinski definition) is 4. The average Bonchev–Trinajstić information content (AvgIpc) is 3.09. The minimum absolute atomic E-state index is 0.249. The SMILES string of the molecule is COc1cccc(N2CCC(CNC(=O)c3ncc(F)cc3F)C2)c1. The number of carbonyl (C=O) groups excluding carboxylic acids is 1. The van der Waals surface area contributed by atoms with E-state index in [4.69, 9.17) is 4.74 Å². The maximum atomic E-state index is 13.6. The van der Waals surface area contributed by atoms with Crippen LogP contribution in [0.5, 0.6) is 5.75 Å². The number of anilines is 1. The molecule has 2 heterocycles. The van der Waals surface area contributed by atoms with Crippen molar-refractivity contribution in [3.63, 3.8) is 0 Å². The molecule has 0 spiro atoms. The molecule has 1 unspecified atom stereocenters. The Morgan fingerprint density at radius 2 is 2.24 bits per heavy atom. The lowest BCUT2D eigenvalue weighted by Gasteiger charge is -2.19. The Hall–Kier alpha value is -2.70. The highest BCUT2D eigenvalue weighted by atomic mass is 19.1. The van der Waals surface area contributed by atoms with E-state index in [-0.39, 0.29) is 11.6 Å². The van der Waals surface area contributed by atoms with Crippen LogP contribution in [-0.4, -0.2) is 37.6 Å². The van der Waals surface area contributed by atoms with E-state index in [0.29, 0.717) is 12.6 Å². The van der Waals surface area contributed by atoms with E-state index in [2.05, 4.69) is 15.2 Å². The van der Waals surface area contributed by atoms with Gasteiger partial charge in [-0.15, -0.1) is 0 Å². The molecule has 1 atom stereocenters. The normalized spacial score (nSPS) is 16.8. The predicted molar refractivity (Wildman–Crippen MR) is 89.8 cm³/mol. The first-order valence-electron chi connectivity index (χ1n) is 8.05. The van der Waals surface area contributed by atoms with Crippen LogP contribution in [0.2, 0.25) is 0 Å². The Labute approximate surface area is 144 Å². The molecule has 132 valence electrons. The van der Waals surface area contributed by atoms with Crippen LogP contribution in [0.4, 0.5) is 14.5 Å². The Bertz CT molecular complexity index is 770. The molecule has 1 N–H and O–H groups in total. The van der Waals surface area contributed by atoms with Crippen molar-refractivity contribution in [2.24, 2.45) is 5.92 Å². The Balaban J connectivity index is 1.55. The molecule has 0 radical (unpaired) electrons. The van der Waals surface area contributed by atoms with E-state index in [9.17, 15) is 13.6 Å². The molecule has 1 aliphatic rings. The Morgan fingerprint density at radius 3 is 3.00 bits per heavy atom. The van der Waals surface area contributed by atoms with Gasteiger partial charge in [0.15, 0.2) is 11.5 Å². The topological polar surface area (TPSA) is 54.5 Å². The molecular weight excluding hydrogens is 328 g/mol. The Kier molecular flexibility index (Phi) is 5.11. The summed E-state index contributed by atoms with van der Waals surface area (Å²) in [7, 11) is 1.63. The molecule has 1 amide bonds. The molecule has 2 aromatic rings. The lowest BCUT2D eigenvalue weighted by Crippen LogP contribution is -2.32. The first-order chi connectivity index (χ1) is 12.1. The molecule has 3 rings (SSSR count). The molecule has 0 aliphatic carbocycles. The molecular formula is C18H19F2N3O2. The number of methoxy groups -OCH3 is 1. The third-order valence-electron chi connectivity index (χ3n) is 4.28. The number of nitrogens with one attached hydrogen (secondary N) is 1. The summed E-state index contributed by atoms with van der Waals surface area (Å²) in [6.07, 6.45) is 1.74. The van der Waals surface area contributed by atoms with Gasteiger partial charge in [0.25, 0.3) is 5.91 Å². The van der Waals surface area contributed by atoms with Crippen LogP contribution < -0.4 is 15.0 Å². The smallest absolute Gasteiger partial charge is 0.272 e. The van der Waals surface area contributed by atoms with Crippen molar-refractivity contribution in [1.29, 1.82) is 0 Å². The summed E-state index contributed by atoms with van der Waals surface area (Å²) in [5.74, 6) is -1.34. The summed E-state index contributed by atoms with van der Waals surface area (Å²) in [4.78, 5) is 17.7. The van der Waals surface area contributed by atoms with E-state index in [1.807, 2.05) is 24.3 Å². The van der Waals surface area contributed by atoms with Crippen LogP contribution in [0, 0.1) is 17.6 Å². The first kappa shape index (κ1) is 17.1. The van der Waals surface area contributed by atoms with E-state index in [1.165, 1.54) is 0 Å². The zero-order valence-corrected chi connectivity index (χ0v) is 13.8. The number of ether oxygens (including phenoxy) is 1. The number of benzene rings is 1. The van der Waals surface area contributed by atoms with Gasteiger partial charge in [-0.1, -0.05) is 6.07 Å². The van der Waals surface area contributed by atoms with Crippen LogP contribution in [0.15, 0.2) is 36.5 Å².